The van der Waals surface area contributed by atoms with Gasteiger partial charge in [-0.3, -0.25) is 14.6 Å². The highest BCUT2D eigenvalue weighted by Gasteiger charge is 2.45. The Kier molecular flexibility index (Phi) is 6.82. The first-order chi connectivity index (χ1) is 15.4. The summed E-state index contributed by atoms with van der Waals surface area (Å²) >= 11 is 12.7. The minimum Gasteiger partial charge on any atom is -0.465 e. The van der Waals surface area contributed by atoms with E-state index < -0.39 is 11.8 Å². The highest BCUT2D eigenvalue weighted by Crippen LogP contribution is 2.48. The van der Waals surface area contributed by atoms with E-state index in [2.05, 4.69) is 0 Å². The van der Waals surface area contributed by atoms with Crippen LogP contribution in [-0.4, -0.2) is 24.1 Å². The lowest BCUT2D eigenvalue weighted by Gasteiger charge is -2.36. The summed E-state index contributed by atoms with van der Waals surface area (Å²) < 4.78 is 5.50. The molecule has 0 saturated heterocycles. The summed E-state index contributed by atoms with van der Waals surface area (Å²) in [6.45, 7) is 4.09. The van der Waals surface area contributed by atoms with Gasteiger partial charge in [-0.25, -0.2) is 0 Å². The lowest BCUT2D eigenvalue weighted by molar-refractivity contribution is -0.146. The first kappa shape index (κ1) is 22.8. The number of benzene rings is 2. The van der Waals surface area contributed by atoms with Gasteiger partial charge < -0.3 is 4.74 Å². The summed E-state index contributed by atoms with van der Waals surface area (Å²) in [6, 6.07) is 15.2. The van der Waals surface area contributed by atoms with Crippen molar-refractivity contribution in [2.24, 2.45) is 10.9 Å². The van der Waals surface area contributed by atoms with Crippen LogP contribution in [0.2, 0.25) is 10.0 Å². The largest absolute Gasteiger partial charge is 0.465 e. The normalized spacial score (nSPS) is 22.9. The standard InChI is InChI=1S/C26H25Cl2NO3/c1-3-11-32-26(31)23-15(2)29-21-12-17(16-7-5-4-6-8-16)13-22(30)25(21)24(23)19-10-9-18(27)14-20(19)28/h4-10,14,17,23-24H,3,11-13H2,1-2H3/t17-,23?,24-/m0/s1. The van der Waals surface area contributed by atoms with E-state index in [-0.39, 0.29) is 17.7 Å². The maximum atomic E-state index is 13.5. The van der Waals surface area contributed by atoms with Gasteiger partial charge in [-0.1, -0.05) is 66.5 Å². The van der Waals surface area contributed by atoms with Gasteiger partial charge in [0.2, 0.25) is 0 Å². The van der Waals surface area contributed by atoms with E-state index in [0.717, 1.165) is 11.3 Å². The van der Waals surface area contributed by atoms with Gasteiger partial charge in [-0.05, 0) is 48.9 Å². The SMILES string of the molecule is CCCOC(=O)C1C(C)=NC2=C(C(=O)C[C@@H](c3ccccc3)C2)[C@H]1c1ccc(Cl)cc1Cl. The maximum Gasteiger partial charge on any atom is 0.315 e. The second kappa shape index (κ2) is 9.60. The minimum atomic E-state index is -0.698. The summed E-state index contributed by atoms with van der Waals surface area (Å²) in [6.07, 6.45) is 1.73. The molecular weight excluding hydrogens is 445 g/mol. The van der Waals surface area contributed by atoms with Gasteiger partial charge >= 0.3 is 5.97 Å². The zero-order valence-electron chi connectivity index (χ0n) is 18.1. The second-order valence-electron chi connectivity index (χ2n) is 8.34. The third kappa shape index (κ3) is 4.39. The number of allylic oxidation sites excluding steroid dienone is 2. The molecule has 0 bridgehead atoms. The van der Waals surface area contributed by atoms with Crippen LogP contribution >= 0.6 is 23.2 Å². The molecule has 0 fully saturated rings. The summed E-state index contributed by atoms with van der Waals surface area (Å²) in [4.78, 5) is 31.4. The number of halogens is 2. The fraction of sp³-hybridized carbons (Fsp3) is 0.346. The third-order valence-corrected chi connectivity index (χ3v) is 6.72. The number of nitrogens with zero attached hydrogens (tertiary/aromatic N) is 1. The summed E-state index contributed by atoms with van der Waals surface area (Å²) in [5.41, 5.74) is 3.77. The fourth-order valence-electron chi connectivity index (χ4n) is 4.71. The topological polar surface area (TPSA) is 55.7 Å². The predicted octanol–water partition coefficient (Wildman–Crippen LogP) is 6.52. The Morgan fingerprint density at radius 3 is 2.56 bits per heavy atom. The van der Waals surface area contributed by atoms with E-state index in [9.17, 15) is 9.59 Å². The first-order valence-corrected chi connectivity index (χ1v) is 11.6. The second-order valence-corrected chi connectivity index (χ2v) is 9.18. The van der Waals surface area contributed by atoms with E-state index in [1.165, 1.54) is 0 Å². The molecule has 3 atom stereocenters. The quantitative estimate of drug-likeness (QED) is 0.468. The fourth-order valence-corrected chi connectivity index (χ4v) is 5.23. The molecule has 4 nitrogen and oxygen atoms in total. The van der Waals surface area contributed by atoms with E-state index in [1.807, 2.05) is 44.2 Å². The van der Waals surface area contributed by atoms with Gasteiger partial charge in [0, 0.05) is 39.4 Å². The number of hydrogen-bond donors (Lipinski definition) is 0. The van der Waals surface area contributed by atoms with Crippen LogP contribution in [0.3, 0.4) is 0 Å². The smallest absolute Gasteiger partial charge is 0.315 e. The van der Waals surface area contributed by atoms with Crippen molar-refractivity contribution in [2.75, 3.05) is 6.61 Å². The van der Waals surface area contributed by atoms with Crippen molar-refractivity contribution in [3.63, 3.8) is 0 Å². The van der Waals surface area contributed by atoms with E-state index >= 15 is 0 Å². The molecule has 6 heteroatoms. The van der Waals surface area contributed by atoms with Crippen molar-refractivity contribution in [1.29, 1.82) is 0 Å². The summed E-state index contributed by atoms with van der Waals surface area (Å²) in [7, 11) is 0. The average molecular weight is 470 g/mol. The van der Waals surface area contributed by atoms with Crippen LogP contribution in [0, 0.1) is 5.92 Å². The molecule has 2 aromatic carbocycles. The van der Waals surface area contributed by atoms with Crippen molar-refractivity contribution in [2.45, 2.75) is 44.9 Å². The number of ether oxygens (including phenoxy) is 1. The van der Waals surface area contributed by atoms with E-state index in [1.54, 1.807) is 18.2 Å². The van der Waals surface area contributed by atoms with Gasteiger partial charge in [-0.2, -0.15) is 0 Å². The number of Topliss-reactive ketones (excluding diaryl/α,β-unsaturated/α-hetero) is 1. The molecular formula is C26H25Cl2NO3. The lowest BCUT2D eigenvalue weighted by Crippen LogP contribution is -2.38. The van der Waals surface area contributed by atoms with Crippen molar-refractivity contribution in [3.05, 3.63) is 81.0 Å². The molecule has 1 unspecified atom stereocenters. The first-order valence-electron chi connectivity index (χ1n) is 10.9. The van der Waals surface area contributed by atoms with Crippen molar-refractivity contribution in [3.8, 4) is 0 Å². The number of carbonyl (C=O) groups is 2. The molecule has 1 heterocycles. The van der Waals surface area contributed by atoms with Gasteiger partial charge in [0.05, 0.1) is 6.61 Å². The minimum absolute atomic E-state index is 0.000612. The van der Waals surface area contributed by atoms with E-state index in [0.29, 0.717) is 52.8 Å². The Bertz CT molecular complexity index is 1110. The Hall–Kier alpha value is -2.43. The number of rotatable bonds is 5. The van der Waals surface area contributed by atoms with Crippen LogP contribution in [0.5, 0.6) is 0 Å². The average Bonchev–Trinajstić information content (AvgIpc) is 2.77. The molecule has 2 aliphatic rings. The molecule has 0 radical (unpaired) electrons. The molecule has 0 N–H and O–H groups in total. The Morgan fingerprint density at radius 2 is 1.88 bits per heavy atom. The third-order valence-electron chi connectivity index (χ3n) is 6.16. The summed E-state index contributed by atoms with van der Waals surface area (Å²) in [5, 5.41) is 0.925. The monoisotopic (exact) mass is 469 g/mol. The van der Waals surface area contributed by atoms with Gasteiger partial charge in [0.25, 0.3) is 0 Å². The molecule has 166 valence electrons. The van der Waals surface area contributed by atoms with E-state index in [4.69, 9.17) is 32.9 Å². The van der Waals surface area contributed by atoms with Gasteiger partial charge in [-0.15, -0.1) is 0 Å². The molecule has 2 aromatic rings. The zero-order valence-corrected chi connectivity index (χ0v) is 19.6. The Balaban J connectivity index is 1.81. The van der Waals surface area contributed by atoms with Crippen LogP contribution in [-0.2, 0) is 14.3 Å². The highest BCUT2D eigenvalue weighted by atomic mass is 35.5. The number of carbonyl (C=O) groups excluding carboxylic acids is 2. The van der Waals surface area contributed by atoms with Crippen LogP contribution in [0.15, 0.2) is 64.8 Å². The van der Waals surface area contributed by atoms with Crippen molar-refractivity contribution >= 4 is 40.7 Å². The van der Waals surface area contributed by atoms with Crippen LogP contribution in [0.25, 0.3) is 0 Å². The molecule has 0 aromatic heterocycles. The van der Waals surface area contributed by atoms with Crippen LogP contribution < -0.4 is 0 Å². The lowest BCUT2D eigenvalue weighted by atomic mass is 9.69. The Labute approximate surface area is 198 Å². The molecule has 4 rings (SSSR count). The van der Waals surface area contributed by atoms with Crippen molar-refractivity contribution < 1.29 is 14.3 Å². The molecule has 0 amide bonds. The molecule has 1 aliphatic carbocycles. The maximum absolute atomic E-state index is 13.5. The highest BCUT2D eigenvalue weighted by molar-refractivity contribution is 6.35. The number of esters is 1. The number of hydrogen-bond acceptors (Lipinski definition) is 4. The zero-order chi connectivity index (χ0) is 22.8. The van der Waals surface area contributed by atoms with Gasteiger partial charge in [0.1, 0.15) is 5.92 Å². The Morgan fingerprint density at radius 1 is 1.12 bits per heavy atom. The number of ketones is 1. The van der Waals surface area contributed by atoms with Crippen LogP contribution in [0.4, 0.5) is 0 Å². The number of aliphatic imine (C=N–C) groups is 1. The van der Waals surface area contributed by atoms with Crippen molar-refractivity contribution in [1.82, 2.24) is 0 Å². The van der Waals surface area contributed by atoms with Gasteiger partial charge in [0.15, 0.2) is 5.78 Å². The van der Waals surface area contributed by atoms with Crippen LogP contribution in [0.1, 0.15) is 56.1 Å². The molecule has 0 saturated carbocycles. The predicted molar refractivity (Wildman–Crippen MR) is 128 cm³/mol. The molecule has 1 aliphatic heterocycles. The molecule has 0 spiro atoms. The molecule has 32 heavy (non-hydrogen) atoms. The summed E-state index contributed by atoms with van der Waals surface area (Å²) in [5.74, 6) is -1.56.